The molecule has 0 bridgehead atoms. The zero-order chi connectivity index (χ0) is 13.9. The molecule has 4 N–H and O–H groups in total. The van der Waals surface area contributed by atoms with Crippen molar-refractivity contribution in [3.8, 4) is 0 Å². The lowest BCUT2D eigenvalue weighted by molar-refractivity contribution is -0.117. The Labute approximate surface area is 130 Å². The van der Waals surface area contributed by atoms with Gasteiger partial charge in [0.25, 0.3) is 0 Å². The number of nitrogens with two attached hydrogens (primary N) is 1. The zero-order valence-corrected chi connectivity index (χ0v) is 12.7. The van der Waals surface area contributed by atoms with Gasteiger partial charge < -0.3 is 11.1 Å². The summed E-state index contributed by atoms with van der Waals surface area (Å²) in [7, 11) is 0. The smallest absolute Gasteiger partial charge is 0.224 e. The maximum Gasteiger partial charge on any atom is 0.224 e. The fourth-order valence-corrected chi connectivity index (χ4v) is 3.00. The lowest BCUT2D eigenvalue weighted by Crippen LogP contribution is -2.35. The lowest BCUT2D eigenvalue weighted by Gasteiger charge is -2.27. The molecule has 5 nitrogen and oxygen atoms in total. The molecule has 0 spiro atoms. The molecule has 21 heavy (non-hydrogen) atoms. The van der Waals surface area contributed by atoms with Gasteiger partial charge in [-0.1, -0.05) is 25.0 Å². The molecule has 0 aliphatic heterocycles. The van der Waals surface area contributed by atoms with E-state index in [0.29, 0.717) is 12.3 Å². The summed E-state index contributed by atoms with van der Waals surface area (Å²) in [5, 5.41) is 10.9. The molecule has 1 saturated carbocycles. The molecule has 2 atom stereocenters. The number of anilines is 1. The number of aromatic nitrogens is 2. The number of nitrogens with zero attached hydrogens (tertiary/aromatic N) is 1. The number of nitrogens with one attached hydrogen (secondary N) is 2. The van der Waals surface area contributed by atoms with E-state index in [-0.39, 0.29) is 24.4 Å². The van der Waals surface area contributed by atoms with Gasteiger partial charge in [-0.3, -0.25) is 9.89 Å². The van der Waals surface area contributed by atoms with Crippen molar-refractivity contribution in [1.29, 1.82) is 0 Å². The van der Waals surface area contributed by atoms with Crippen LogP contribution in [0.25, 0.3) is 10.9 Å². The first-order chi connectivity index (χ1) is 9.74. The number of benzene rings is 1. The average Bonchev–Trinajstić information content (AvgIpc) is 2.91. The highest BCUT2D eigenvalue weighted by molar-refractivity contribution is 6.00. The van der Waals surface area contributed by atoms with Gasteiger partial charge in [-0.2, -0.15) is 5.10 Å². The molecule has 2 unspecified atom stereocenters. The highest BCUT2D eigenvalue weighted by Crippen LogP contribution is 2.27. The molecule has 1 aromatic carbocycles. The third-order valence-corrected chi connectivity index (χ3v) is 4.17. The quantitative estimate of drug-likeness (QED) is 0.815. The Morgan fingerprint density at radius 2 is 2.19 bits per heavy atom. The van der Waals surface area contributed by atoms with E-state index in [4.69, 9.17) is 5.73 Å². The van der Waals surface area contributed by atoms with Gasteiger partial charge in [-0.15, -0.1) is 12.4 Å². The van der Waals surface area contributed by atoms with Gasteiger partial charge in [-0.05, 0) is 24.8 Å². The van der Waals surface area contributed by atoms with Crippen molar-refractivity contribution in [2.45, 2.75) is 38.1 Å². The predicted molar refractivity (Wildman–Crippen MR) is 86.5 cm³/mol. The Balaban J connectivity index is 0.00000161. The summed E-state index contributed by atoms with van der Waals surface area (Å²) in [6.07, 6.45) is 6.72. The number of carbonyl (C=O) groups is 1. The Bertz CT molecular complexity index is 612. The van der Waals surface area contributed by atoms with Gasteiger partial charge in [0.1, 0.15) is 0 Å². The fraction of sp³-hybridized carbons (Fsp3) is 0.467. The van der Waals surface area contributed by atoms with Crippen molar-refractivity contribution in [2.75, 3.05) is 5.32 Å². The van der Waals surface area contributed by atoms with Crippen LogP contribution in [0.3, 0.4) is 0 Å². The second-order valence-electron chi connectivity index (χ2n) is 5.60. The fourth-order valence-electron chi connectivity index (χ4n) is 3.00. The van der Waals surface area contributed by atoms with Crippen LogP contribution in [0.15, 0.2) is 24.4 Å². The summed E-state index contributed by atoms with van der Waals surface area (Å²) in [6.45, 7) is 0. The first-order valence-corrected chi connectivity index (χ1v) is 7.21. The molecule has 1 aliphatic carbocycles. The van der Waals surface area contributed by atoms with E-state index >= 15 is 0 Å². The van der Waals surface area contributed by atoms with Gasteiger partial charge in [0.2, 0.25) is 5.91 Å². The van der Waals surface area contributed by atoms with Crippen molar-refractivity contribution in [3.05, 3.63) is 24.4 Å². The minimum absolute atomic E-state index is 0. The Kier molecular flexibility index (Phi) is 5.20. The van der Waals surface area contributed by atoms with Crippen LogP contribution < -0.4 is 11.1 Å². The lowest BCUT2D eigenvalue weighted by atomic mass is 9.83. The summed E-state index contributed by atoms with van der Waals surface area (Å²) in [6, 6.07) is 5.93. The van der Waals surface area contributed by atoms with Crippen LogP contribution in [0.4, 0.5) is 5.69 Å². The summed E-state index contributed by atoms with van der Waals surface area (Å²) >= 11 is 0. The largest absolute Gasteiger partial charge is 0.327 e. The van der Waals surface area contributed by atoms with Gasteiger partial charge in [0.15, 0.2) is 0 Å². The van der Waals surface area contributed by atoms with E-state index in [1.807, 2.05) is 18.2 Å². The normalized spacial score (nSPS) is 21.8. The number of H-pyrrole nitrogens is 1. The monoisotopic (exact) mass is 308 g/mol. The average molecular weight is 309 g/mol. The molecule has 1 amide bonds. The van der Waals surface area contributed by atoms with Crippen LogP contribution in [0.1, 0.15) is 32.1 Å². The Morgan fingerprint density at radius 3 is 3.00 bits per heavy atom. The maximum absolute atomic E-state index is 12.2. The van der Waals surface area contributed by atoms with Crippen LogP contribution in [-0.2, 0) is 4.79 Å². The molecule has 1 heterocycles. The van der Waals surface area contributed by atoms with Crippen LogP contribution >= 0.6 is 12.4 Å². The van der Waals surface area contributed by atoms with E-state index < -0.39 is 0 Å². The van der Waals surface area contributed by atoms with E-state index in [1.54, 1.807) is 6.20 Å². The number of para-hydroxylation sites is 1. The summed E-state index contributed by atoms with van der Waals surface area (Å²) in [5.41, 5.74) is 7.75. The number of rotatable bonds is 3. The van der Waals surface area contributed by atoms with Crippen molar-refractivity contribution >= 4 is 34.9 Å². The first kappa shape index (κ1) is 15.8. The third kappa shape index (κ3) is 3.54. The number of halogens is 1. The number of fused-ring (bicyclic) bond motifs is 1. The number of hydrogen-bond acceptors (Lipinski definition) is 3. The topological polar surface area (TPSA) is 83.8 Å². The molecule has 2 aromatic rings. The summed E-state index contributed by atoms with van der Waals surface area (Å²) in [4.78, 5) is 12.2. The van der Waals surface area contributed by atoms with E-state index in [0.717, 1.165) is 29.4 Å². The predicted octanol–water partition coefficient (Wildman–Crippen LogP) is 2.83. The SMILES string of the molecule is Cl.NC1CCCCC1CC(=O)Nc1cccc2cn[nH]c12. The molecular formula is C15H21ClN4O. The van der Waals surface area contributed by atoms with Gasteiger partial charge in [-0.25, -0.2) is 0 Å². The van der Waals surface area contributed by atoms with Crippen LogP contribution in [-0.4, -0.2) is 22.1 Å². The number of carbonyl (C=O) groups excluding carboxylic acids is 1. The molecule has 1 aromatic heterocycles. The van der Waals surface area contributed by atoms with Crippen molar-refractivity contribution in [3.63, 3.8) is 0 Å². The number of amides is 1. The Morgan fingerprint density at radius 1 is 1.38 bits per heavy atom. The van der Waals surface area contributed by atoms with Crippen molar-refractivity contribution in [1.82, 2.24) is 10.2 Å². The number of hydrogen-bond donors (Lipinski definition) is 3. The molecule has 114 valence electrons. The van der Waals surface area contributed by atoms with Crippen LogP contribution in [0.5, 0.6) is 0 Å². The van der Waals surface area contributed by atoms with E-state index in [2.05, 4.69) is 15.5 Å². The second kappa shape index (κ2) is 6.91. The molecule has 3 rings (SSSR count). The zero-order valence-electron chi connectivity index (χ0n) is 11.8. The van der Waals surface area contributed by atoms with Crippen molar-refractivity contribution < 1.29 is 4.79 Å². The molecule has 1 aliphatic rings. The highest BCUT2D eigenvalue weighted by atomic mass is 35.5. The maximum atomic E-state index is 12.2. The molecule has 0 radical (unpaired) electrons. The minimum atomic E-state index is 0. The highest BCUT2D eigenvalue weighted by Gasteiger charge is 2.24. The molecular weight excluding hydrogens is 288 g/mol. The van der Waals surface area contributed by atoms with Gasteiger partial charge >= 0.3 is 0 Å². The van der Waals surface area contributed by atoms with Crippen molar-refractivity contribution in [2.24, 2.45) is 11.7 Å². The Hall–Kier alpha value is -1.59. The van der Waals surface area contributed by atoms with E-state index in [1.165, 1.54) is 12.8 Å². The van der Waals surface area contributed by atoms with Crippen LogP contribution in [0.2, 0.25) is 0 Å². The molecule has 6 heteroatoms. The standard InChI is InChI=1S/C15H20N4O.ClH/c16-12-6-2-1-4-10(12)8-14(20)18-13-7-3-5-11-9-17-19-15(11)13;/h3,5,7,9-10,12H,1-2,4,6,8,16H2,(H,17,19)(H,18,20);1H. The third-order valence-electron chi connectivity index (χ3n) is 4.17. The summed E-state index contributed by atoms with van der Waals surface area (Å²) < 4.78 is 0. The number of aromatic amines is 1. The van der Waals surface area contributed by atoms with Gasteiger partial charge in [0.05, 0.1) is 17.4 Å². The summed E-state index contributed by atoms with van der Waals surface area (Å²) in [5.74, 6) is 0.346. The van der Waals surface area contributed by atoms with Gasteiger partial charge in [0, 0.05) is 17.8 Å². The van der Waals surface area contributed by atoms with E-state index in [9.17, 15) is 4.79 Å². The minimum Gasteiger partial charge on any atom is -0.327 e. The first-order valence-electron chi connectivity index (χ1n) is 7.21. The molecule has 1 fully saturated rings. The van der Waals surface area contributed by atoms with Crippen LogP contribution in [0, 0.1) is 5.92 Å². The second-order valence-corrected chi connectivity index (χ2v) is 5.60. The molecule has 0 saturated heterocycles.